The summed E-state index contributed by atoms with van der Waals surface area (Å²) >= 11 is 0. The van der Waals surface area contributed by atoms with Crippen LogP contribution in [0.4, 0.5) is 10.6 Å². The summed E-state index contributed by atoms with van der Waals surface area (Å²) in [5.41, 5.74) is 0.813. The molecule has 0 aliphatic carbocycles. The van der Waals surface area contributed by atoms with Crippen LogP contribution >= 0.6 is 0 Å². The number of hydrogen-bond acceptors (Lipinski definition) is 3. The van der Waals surface area contributed by atoms with E-state index in [1.807, 2.05) is 30.3 Å². The Hall–Kier alpha value is -2.14. The number of pyridine rings is 1. The van der Waals surface area contributed by atoms with Crippen molar-refractivity contribution >= 4 is 22.8 Å². The van der Waals surface area contributed by atoms with E-state index in [-0.39, 0.29) is 0 Å². The number of rotatable bonds is 7. The maximum Gasteiger partial charge on any atom is 0.413 e. The molecule has 0 saturated carbocycles. The first-order valence-electron chi connectivity index (χ1n) is 8.17. The predicted octanol–water partition coefficient (Wildman–Crippen LogP) is 3.84. The summed E-state index contributed by atoms with van der Waals surface area (Å²) in [6, 6.07) is 11.8. The lowest BCUT2D eigenvalue weighted by molar-refractivity contribution is 0.197. The van der Waals surface area contributed by atoms with Crippen molar-refractivity contribution < 1.29 is 9.90 Å². The van der Waals surface area contributed by atoms with Gasteiger partial charge >= 0.3 is 6.09 Å². The fraction of sp³-hybridized carbons (Fsp3) is 0.444. The molecule has 0 spiro atoms. The van der Waals surface area contributed by atoms with E-state index in [0.717, 1.165) is 30.4 Å². The molecule has 1 atom stereocenters. The van der Waals surface area contributed by atoms with Crippen molar-refractivity contribution in [3.05, 3.63) is 36.4 Å². The minimum absolute atomic E-state index is 0.340. The van der Waals surface area contributed by atoms with Crippen LogP contribution < -0.4 is 4.90 Å². The monoisotopic (exact) mass is 315 g/mol. The van der Waals surface area contributed by atoms with Gasteiger partial charge in [-0.25, -0.2) is 9.78 Å². The van der Waals surface area contributed by atoms with E-state index in [0.29, 0.717) is 18.4 Å². The maximum atomic E-state index is 11.6. The number of nitrogens with zero attached hydrogens (tertiary/aromatic N) is 3. The fourth-order valence-corrected chi connectivity index (χ4v) is 2.86. The molecule has 5 heteroatoms. The second-order valence-corrected chi connectivity index (χ2v) is 5.66. The highest BCUT2D eigenvalue weighted by Gasteiger charge is 2.18. The van der Waals surface area contributed by atoms with E-state index >= 15 is 0 Å². The van der Waals surface area contributed by atoms with Crippen molar-refractivity contribution in [1.29, 1.82) is 0 Å². The SMILES string of the molecule is CCN(CC)C(C)CCN(C(=O)O)c1ccc2ccccc2n1. The Morgan fingerprint density at radius 1 is 1.17 bits per heavy atom. The van der Waals surface area contributed by atoms with Gasteiger partial charge in [0, 0.05) is 18.0 Å². The topological polar surface area (TPSA) is 56.7 Å². The van der Waals surface area contributed by atoms with Gasteiger partial charge in [0.25, 0.3) is 0 Å². The van der Waals surface area contributed by atoms with Crippen molar-refractivity contribution in [1.82, 2.24) is 9.88 Å². The van der Waals surface area contributed by atoms with Gasteiger partial charge in [0.2, 0.25) is 0 Å². The molecule has 0 aliphatic heterocycles. The van der Waals surface area contributed by atoms with Gasteiger partial charge in [-0.2, -0.15) is 0 Å². The third-order valence-corrected chi connectivity index (χ3v) is 4.30. The van der Waals surface area contributed by atoms with Gasteiger partial charge in [-0.1, -0.05) is 32.0 Å². The number of carboxylic acid groups (broad SMARTS) is 1. The maximum absolute atomic E-state index is 11.6. The first-order chi connectivity index (χ1) is 11.1. The number of fused-ring (bicyclic) bond motifs is 1. The van der Waals surface area contributed by atoms with E-state index in [1.165, 1.54) is 4.90 Å². The zero-order valence-corrected chi connectivity index (χ0v) is 14.1. The standard InChI is InChI=1S/C18H25N3O2/c1-4-20(5-2)14(3)12-13-21(18(22)23)17-11-10-15-8-6-7-9-16(15)19-17/h6-11,14H,4-5,12-13H2,1-3H3,(H,22,23). The summed E-state index contributed by atoms with van der Waals surface area (Å²) in [7, 11) is 0. The quantitative estimate of drug-likeness (QED) is 0.843. The molecule has 1 aromatic heterocycles. The molecule has 0 saturated heterocycles. The molecule has 0 aliphatic rings. The van der Waals surface area contributed by atoms with E-state index in [2.05, 4.69) is 30.7 Å². The minimum Gasteiger partial charge on any atom is -0.465 e. The first kappa shape index (κ1) is 17.2. The third-order valence-electron chi connectivity index (χ3n) is 4.30. The smallest absolute Gasteiger partial charge is 0.413 e. The molecule has 1 aromatic carbocycles. The molecular formula is C18H25N3O2. The predicted molar refractivity (Wildman–Crippen MR) is 94.1 cm³/mol. The Labute approximate surface area is 137 Å². The lowest BCUT2D eigenvalue weighted by atomic mass is 10.2. The van der Waals surface area contributed by atoms with Crippen LogP contribution in [0.15, 0.2) is 36.4 Å². The molecule has 23 heavy (non-hydrogen) atoms. The summed E-state index contributed by atoms with van der Waals surface area (Å²) in [5.74, 6) is 0.489. The molecule has 1 unspecified atom stereocenters. The zero-order chi connectivity index (χ0) is 16.8. The lowest BCUT2D eigenvalue weighted by Crippen LogP contribution is -2.38. The fourth-order valence-electron chi connectivity index (χ4n) is 2.86. The number of hydrogen-bond donors (Lipinski definition) is 1. The Balaban J connectivity index is 2.15. The summed E-state index contributed by atoms with van der Waals surface area (Å²) in [6.45, 7) is 8.77. The average molecular weight is 315 g/mol. The second-order valence-electron chi connectivity index (χ2n) is 5.66. The molecule has 0 radical (unpaired) electrons. The van der Waals surface area contributed by atoms with Gasteiger partial charge in [-0.15, -0.1) is 0 Å². The minimum atomic E-state index is -0.959. The Morgan fingerprint density at radius 3 is 2.52 bits per heavy atom. The average Bonchev–Trinajstić information content (AvgIpc) is 2.55. The summed E-state index contributed by atoms with van der Waals surface area (Å²) in [5, 5.41) is 10.5. The van der Waals surface area contributed by atoms with Crippen LogP contribution in [0.25, 0.3) is 10.9 Å². The normalized spacial score (nSPS) is 12.5. The van der Waals surface area contributed by atoms with Crippen molar-refractivity contribution in [3.8, 4) is 0 Å². The highest BCUT2D eigenvalue weighted by Crippen LogP contribution is 2.19. The van der Waals surface area contributed by atoms with Gasteiger partial charge in [0.05, 0.1) is 5.52 Å². The number of aromatic nitrogens is 1. The lowest BCUT2D eigenvalue weighted by Gasteiger charge is -2.28. The van der Waals surface area contributed by atoms with Crippen molar-refractivity contribution in [2.45, 2.75) is 33.2 Å². The van der Waals surface area contributed by atoms with Crippen LogP contribution in [0, 0.1) is 0 Å². The zero-order valence-electron chi connectivity index (χ0n) is 14.1. The van der Waals surface area contributed by atoms with Gasteiger partial charge in [-0.05, 0) is 44.6 Å². The van der Waals surface area contributed by atoms with Gasteiger partial charge in [0.15, 0.2) is 0 Å². The van der Waals surface area contributed by atoms with Crippen molar-refractivity contribution in [2.75, 3.05) is 24.5 Å². The number of para-hydroxylation sites is 1. The largest absolute Gasteiger partial charge is 0.465 e. The molecule has 124 valence electrons. The molecule has 1 heterocycles. The number of amides is 1. The Morgan fingerprint density at radius 2 is 1.87 bits per heavy atom. The Kier molecular flexibility index (Phi) is 5.93. The number of anilines is 1. The van der Waals surface area contributed by atoms with Crippen LogP contribution in [-0.2, 0) is 0 Å². The van der Waals surface area contributed by atoms with E-state index in [9.17, 15) is 9.90 Å². The second kappa shape index (κ2) is 7.92. The summed E-state index contributed by atoms with van der Waals surface area (Å²) in [4.78, 5) is 19.8. The highest BCUT2D eigenvalue weighted by molar-refractivity contribution is 5.87. The van der Waals surface area contributed by atoms with Crippen LogP contribution in [-0.4, -0.2) is 46.8 Å². The van der Waals surface area contributed by atoms with Crippen LogP contribution in [0.3, 0.4) is 0 Å². The molecule has 1 amide bonds. The van der Waals surface area contributed by atoms with Crippen LogP contribution in [0.1, 0.15) is 27.2 Å². The summed E-state index contributed by atoms with van der Waals surface area (Å²) < 4.78 is 0. The van der Waals surface area contributed by atoms with E-state index in [4.69, 9.17) is 0 Å². The van der Waals surface area contributed by atoms with Gasteiger partial charge in [-0.3, -0.25) is 4.90 Å². The van der Waals surface area contributed by atoms with Crippen LogP contribution in [0.5, 0.6) is 0 Å². The van der Waals surface area contributed by atoms with Gasteiger partial charge in [0.1, 0.15) is 5.82 Å². The third kappa shape index (κ3) is 4.20. The molecule has 2 rings (SSSR count). The Bertz CT molecular complexity index is 656. The molecule has 1 N–H and O–H groups in total. The molecule has 2 aromatic rings. The molecular weight excluding hydrogens is 290 g/mol. The van der Waals surface area contributed by atoms with E-state index in [1.54, 1.807) is 6.07 Å². The highest BCUT2D eigenvalue weighted by atomic mass is 16.4. The first-order valence-corrected chi connectivity index (χ1v) is 8.17. The van der Waals surface area contributed by atoms with Crippen molar-refractivity contribution in [2.24, 2.45) is 0 Å². The van der Waals surface area contributed by atoms with Gasteiger partial charge < -0.3 is 10.0 Å². The molecule has 0 bridgehead atoms. The summed E-state index contributed by atoms with van der Waals surface area (Å²) in [6.07, 6.45) is -0.179. The number of benzene rings is 1. The van der Waals surface area contributed by atoms with Crippen LogP contribution in [0.2, 0.25) is 0 Å². The number of carbonyl (C=O) groups is 1. The van der Waals surface area contributed by atoms with Crippen molar-refractivity contribution in [3.63, 3.8) is 0 Å². The molecule has 0 fully saturated rings. The molecule has 5 nitrogen and oxygen atoms in total. The van der Waals surface area contributed by atoms with E-state index < -0.39 is 6.09 Å².